The summed E-state index contributed by atoms with van der Waals surface area (Å²) < 4.78 is 19.8. The minimum absolute atomic E-state index is 0.0314. The van der Waals surface area contributed by atoms with Crippen LogP contribution in [-0.4, -0.2) is 78.4 Å². The number of rotatable bonds is 5. The van der Waals surface area contributed by atoms with Gasteiger partial charge in [-0.05, 0) is 31.5 Å². The molecule has 188 valence electrons. The van der Waals surface area contributed by atoms with Gasteiger partial charge in [0.15, 0.2) is 5.54 Å². The predicted molar refractivity (Wildman–Crippen MR) is 131 cm³/mol. The zero-order valence-corrected chi connectivity index (χ0v) is 20.3. The summed E-state index contributed by atoms with van der Waals surface area (Å²) in [7, 11) is 0. The average molecular weight is 494 g/mol. The van der Waals surface area contributed by atoms with Gasteiger partial charge in [0, 0.05) is 43.9 Å². The molecule has 3 heterocycles. The summed E-state index contributed by atoms with van der Waals surface area (Å²) in [6, 6.07) is 11.1. The molecule has 36 heavy (non-hydrogen) atoms. The molecule has 8 nitrogen and oxygen atoms in total. The third kappa shape index (κ3) is 3.45. The van der Waals surface area contributed by atoms with Crippen molar-refractivity contribution in [3.63, 3.8) is 0 Å². The van der Waals surface area contributed by atoms with Crippen LogP contribution in [0.2, 0.25) is 0 Å². The van der Waals surface area contributed by atoms with Crippen molar-refractivity contribution in [2.45, 2.75) is 19.4 Å². The van der Waals surface area contributed by atoms with Crippen molar-refractivity contribution < 1.29 is 28.6 Å². The molecule has 5 rings (SSSR count). The molecule has 2 aromatic carbocycles. The van der Waals surface area contributed by atoms with E-state index < -0.39 is 34.7 Å². The van der Waals surface area contributed by atoms with Crippen molar-refractivity contribution >= 4 is 29.0 Å². The molecule has 9 heteroatoms. The molecule has 3 aliphatic heterocycles. The maximum Gasteiger partial charge on any atom is 0.296 e. The van der Waals surface area contributed by atoms with Crippen molar-refractivity contribution in [1.82, 2.24) is 9.80 Å². The lowest BCUT2D eigenvalue weighted by atomic mass is 9.82. The summed E-state index contributed by atoms with van der Waals surface area (Å²) in [5.41, 5.74) is -0.739. The number of likely N-dealkylation sites (tertiary alicyclic amines) is 1. The Morgan fingerprint density at radius 1 is 1.08 bits per heavy atom. The number of likely N-dealkylation sites (N-methyl/N-ethyl adjacent to an activating group) is 1. The highest BCUT2D eigenvalue weighted by molar-refractivity contribution is 6.50. The molecular formula is C27H28FN3O5. The Labute approximate surface area is 208 Å². The van der Waals surface area contributed by atoms with Gasteiger partial charge in [-0.1, -0.05) is 30.3 Å². The van der Waals surface area contributed by atoms with Gasteiger partial charge in [-0.25, -0.2) is 4.39 Å². The van der Waals surface area contributed by atoms with E-state index in [1.165, 1.54) is 21.9 Å². The summed E-state index contributed by atoms with van der Waals surface area (Å²) in [4.78, 5) is 46.1. The highest BCUT2D eigenvalue weighted by Gasteiger charge is 2.66. The zero-order valence-electron chi connectivity index (χ0n) is 20.3. The summed E-state index contributed by atoms with van der Waals surface area (Å²) >= 11 is 0. The monoisotopic (exact) mass is 493 g/mol. The van der Waals surface area contributed by atoms with Crippen LogP contribution >= 0.6 is 0 Å². The fraction of sp³-hybridized carbons (Fsp3) is 0.370. The number of anilines is 1. The number of hydrogen-bond donors (Lipinski definition) is 1. The lowest BCUT2D eigenvalue weighted by Gasteiger charge is -2.36. The van der Waals surface area contributed by atoms with E-state index in [4.69, 9.17) is 4.74 Å². The molecule has 3 aliphatic rings. The molecule has 0 unspecified atom stereocenters. The Kier molecular flexibility index (Phi) is 6.13. The van der Waals surface area contributed by atoms with E-state index in [1.54, 1.807) is 31.2 Å². The molecule has 0 aromatic heterocycles. The first-order valence-corrected chi connectivity index (χ1v) is 12.1. The Morgan fingerprint density at radius 3 is 2.50 bits per heavy atom. The summed E-state index contributed by atoms with van der Waals surface area (Å²) in [6.45, 7) is 6.70. The molecule has 2 fully saturated rings. The van der Waals surface area contributed by atoms with Crippen LogP contribution < -0.4 is 4.90 Å². The topological polar surface area (TPSA) is 90.4 Å². The third-order valence-electron chi connectivity index (χ3n) is 7.31. The number of carbonyl (C=O) groups is 3. The molecule has 2 aromatic rings. The number of aliphatic hydroxyl groups is 1. The number of nitrogens with zero attached hydrogens (tertiary/aromatic N) is 3. The Hall–Kier alpha value is -3.56. The van der Waals surface area contributed by atoms with Crippen molar-refractivity contribution in [2.24, 2.45) is 0 Å². The fourth-order valence-corrected chi connectivity index (χ4v) is 5.43. The third-order valence-corrected chi connectivity index (χ3v) is 7.31. The van der Waals surface area contributed by atoms with Crippen molar-refractivity contribution in [1.29, 1.82) is 0 Å². The minimum atomic E-state index is -1.83. The number of carbonyl (C=O) groups excluding carboxylic acids is 3. The number of para-hydroxylation sites is 1. The number of Topliss-reactive ketones (excluding diaryl/α,β-unsaturated/α-hetero) is 1. The molecule has 1 N–H and O–H groups in total. The zero-order chi connectivity index (χ0) is 25.6. The van der Waals surface area contributed by atoms with Crippen molar-refractivity contribution in [2.75, 3.05) is 50.8 Å². The predicted octanol–water partition coefficient (Wildman–Crippen LogP) is 2.41. The molecule has 2 amide bonds. The molecule has 1 spiro atoms. The normalized spacial score (nSPS) is 23.7. The lowest BCUT2D eigenvalue weighted by molar-refractivity contribution is -0.144. The first-order valence-electron chi connectivity index (χ1n) is 12.1. The SMILES string of the molecule is CCN1C(=O)[C@@]2(C(=C(O)c3ccc(C)c(F)c3)C(=O)C(=O)N2CCN2CCOCC2)c2ccccc21. The van der Waals surface area contributed by atoms with Crippen molar-refractivity contribution in [3.05, 3.63) is 70.5 Å². The van der Waals surface area contributed by atoms with Crippen LogP contribution in [0, 0.1) is 12.7 Å². The maximum absolute atomic E-state index is 14.4. The number of ether oxygens (including phenoxy) is 1. The molecule has 0 aliphatic carbocycles. The first-order chi connectivity index (χ1) is 17.3. The number of aliphatic hydroxyl groups excluding tert-OH is 1. The molecule has 0 radical (unpaired) electrons. The quantitative estimate of drug-likeness (QED) is 0.391. The number of hydrogen-bond acceptors (Lipinski definition) is 6. The van der Waals surface area contributed by atoms with Crippen LogP contribution in [-0.2, 0) is 24.7 Å². The Morgan fingerprint density at radius 2 is 1.81 bits per heavy atom. The molecular weight excluding hydrogens is 465 g/mol. The van der Waals surface area contributed by atoms with Gasteiger partial charge < -0.3 is 19.6 Å². The fourth-order valence-electron chi connectivity index (χ4n) is 5.43. The summed E-state index contributed by atoms with van der Waals surface area (Å²) in [5.74, 6) is -3.44. The van der Waals surface area contributed by atoms with Crippen LogP contribution in [0.5, 0.6) is 0 Å². The highest BCUT2D eigenvalue weighted by atomic mass is 19.1. The maximum atomic E-state index is 14.4. The van der Waals surface area contributed by atoms with E-state index in [1.807, 2.05) is 6.92 Å². The van der Waals surface area contributed by atoms with Gasteiger partial charge in [-0.3, -0.25) is 19.3 Å². The summed E-state index contributed by atoms with van der Waals surface area (Å²) in [5, 5.41) is 11.4. The smallest absolute Gasteiger partial charge is 0.296 e. The van der Waals surface area contributed by atoms with Crippen LogP contribution in [0.3, 0.4) is 0 Å². The average Bonchev–Trinajstić information content (AvgIpc) is 3.27. The largest absolute Gasteiger partial charge is 0.507 e. The van der Waals surface area contributed by atoms with Gasteiger partial charge in [0.05, 0.1) is 24.5 Å². The van der Waals surface area contributed by atoms with Crippen LogP contribution in [0.4, 0.5) is 10.1 Å². The highest BCUT2D eigenvalue weighted by Crippen LogP contribution is 2.53. The number of halogens is 1. The second-order valence-corrected chi connectivity index (χ2v) is 9.20. The number of ketones is 1. The molecule has 2 saturated heterocycles. The van der Waals surface area contributed by atoms with Gasteiger partial charge in [-0.15, -0.1) is 0 Å². The lowest BCUT2D eigenvalue weighted by Crippen LogP contribution is -2.54. The number of morpholine rings is 1. The first kappa shape index (κ1) is 24.1. The van der Waals surface area contributed by atoms with E-state index in [0.29, 0.717) is 56.2 Å². The minimum Gasteiger partial charge on any atom is -0.507 e. The standard InChI is InChI=1S/C27H28FN3O5/c1-3-30-21-7-5-4-6-19(21)27(26(30)35)22(23(32)18-9-8-17(2)20(28)16-18)24(33)25(34)31(27)11-10-29-12-14-36-15-13-29/h4-9,16,32H,3,10-15H2,1-2H3/t27-/m0/s1. The van der Waals surface area contributed by atoms with E-state index >= 15 is 0 Å². The molecule has 1 atom stereocenters. The van der Waals surface area contributed by atoms with Gasteiger partial charge >= 0.3 is 0 Å². The van der Waals surface area contributed by atoms with Crippen molar-refractivity contribution in [3.8, 4) is 0 Å². The van der Waals surface area contributed by atoms with Gasteiger partial charge in [0.1, 0.15) is 11.6 Å². The molecule has 0 saturated carbocycles. The number of benzene rings is 2. The Balaban J connectivity index is 1.72. The van der Waals surface area contributed by atoms with Gasteiger partial charge in [-0.2, -0.15) is 0 Å². The van der Waals surface area contributed by atoms with E-state index in [0.717, 1.165) is 6.07 Å². The Bertz CT molecular complexity index is 1290. The van der Waals surface area contributed by atoms with E-state index in [9.17, 15) is 23.9 Å². The van der Waals surface area contributed by atoms with Crippen LogP contribution in [0.25, 0.3) is 5.76 Å². The second-order valence-electron chi connectivity index (χ2n) is 9.20. The number of amides is 2. The molecule has 0 bridgehead atoms. The van der Waals surface area contributed by atoms with Gasteiger partial charge in [0.25, 0.3) is 17.6 Å². The number of aryl methyl sites for hydroxylation is 1. The van der Waals surface area contributed by atoms with Crippen LogP contribution in [0.15, 0.2) is 48.0 Å². The number of fused-ring (bicyclic) bond motifs is 2. The van der Waals surface area contributed by atoms with Crippen LogP contribution in [0.1, 0.15) is 23.6 Å². The second kappa shape index (κ2) is 9.15. The van der Waals surface area contributed by atoms with E-state index in [2.05, 4.69) is 4.90 Å². The van der Waals surface area contributed by atoms with Gasteiger partial charge in [0.2, 0.25) is 0 Å². The summed E-state index contributed by atoms with van der Waals surface area (Å²) in [6.07, 6.45) is 0. The van der Waals surface area contributed by atoms with E-state index in [-0.39, 0.29) is 17.7 Å².